The van der Waals surface area contributed by atoms with E-state index < -0.39 is 11.6 Å². The molecule has 0 radical (unpaired) electrons. The van der Waals surface area contributed by atoms with E-state index in [1.54, 1.807) is 0 Å². The Morgan fingerprint density at radius 2 is 1.38 bits per heavy atom. The zero-order valence-electron chi connectivity index (χ0n) is 13.8. The van der Waals surface area contributed by atoms with Gasteiger partial charge in [0.25, 0.3) is 0 Å². The molecular formula is C22H22F2. The molecule has 0 heterocycles. The van der Waals surface area contributed by atoms with Gasteiger partial charge in [-0.2, -0.15) is 0 Å². The van der Waals surface area contributed by atoms with E-state index in [1.165, 1.54) is 55.4 Å². The first-order valence-electron chi connectivity index (χ1n) is 8.95. The summed E-state index contributed by atoms with van der Waals surface area (Å²) < 4.78 is 26.7. The van der Waals surface area contributed by atoms with Crippen molar-refractivity contribution in [1.29, 1.82) is 0 Å². The quantitative estimate of drug-likeness (QED) is 0.595. The van der Waals surface area contributed by atoms with E-state index in [9.17, 15) is 8.78 Å². The number of halogens is 2. The molecule has 1 unspecified atom stereocenters. The molecule has 0 nitrogen and oxygen atoms in total. The highest BCUT2D eigenvalue weighted by Crippen LogP contribution is 2.42. The predicted octanol–water partition coefficient (Wildman–Crippen LogP) is 6.62. The van der Waals surface area contributed by atoms with Crippen molar-refractivity contribution >= 4 is 5.57 Å². The molecule has 24 heavy (non-hydrogen) atoms. The molecule has 2 aromatic carbocycles. The fourth-order valence-corrected chi connectivity index (χ4v) is 4.05. The standard InChI is InChI=1S/C22H22F2/c23-21-12-20(13-22(24)14-21)19-10-8-18(9-11-19)17-6-4-16(5-7-17)15-2-1-3-15/h6,8-16H,1-5,7H2. The van der Waals surface area contributed by atoms with Crippen molar-refractivity contribution < 1.29 is 8.78 Å². The molecule has 0 saturated heterocycles. The molecule has 1 atom stereocenters. The maximum Gasteiger partial charge on any atom is 0.126 e. The first-order chi connectivity index (χ1) is 11.7. The first-order valence-corrected chi connectivity index (χ1v) is 8.95. The maximum atomic E-state index is 13.4. The van der Waals surface area contributed by atoms with Gasteiger partial charge in [0.05, 0.1) is 0 Å². The van der Waals surface area contributed by atoms with Crippen LogP contribution in [0.25, 0.3) is 16.7 Å². The monoisotopic (exact) mass is 324 g/mol. The van der Waals surface area contributed by atoms with Crippen LogP contribution in [0.2, 0.25) is 0 Å². The minimum Gasteiger partial charge on any atom is -0.207 e. The van der Waals surface area contributed by atoms with Crippen molar-refractivity contribution in [3.63, 3.8) is 0 Å². The Morgan fingerprint density at radius 1 is 0.708 bits per heavy atom. The summed E-state index contributed by atoms with van der Waals surface area (Å²) in [7, 11) is 0. The fraction of sp³-hybridized carbons (Fsp3) is 0.364. The van der Waals surface area contributed by atoms with E-state index in [0.717, 1.165) is 29.9 Å². The molecule has 0 aromatic heterocycles. The highest BCUT2D eigenvalue weighted by atomic mass is 19.1. The summed E-state index contributed by atoms with van der Waals surface area (Å²) >= 11 is 0. The summed E-state index contributed by atoms with van der Waals surface area (Å²) in [5.74, 6) is 0.780. The third-order valence-corrected chi connectivity index (χ3v) is 5.72. The van der Waals surface area contributed by atoms with Gasteiger partial charge in [-0.15, -0.1) is 0 Å². The van der Waals surface area contributed by atoms with Crippen molar-refractivity contribution in [3.05, 3.63) is 65.7 Å². The van der Waals surface area contributed by atoms with Crippen molar-refractivity contribution in [2.24, 2.45) is 11.8 Å². The summed E-state index contributed by atoms with van der Waals surface area (Å²) in [5.41, 5.74) is 4.09. The van der Waals surface area contributed by atoms with Gasteiger partial charge in [0, 0.05) is 6.07 Å². The first kappa shape index (κ1) is 15.6. The van der Waals surface area contributed by atoms with Gasteiger partial charge in [-0.25, -0.2) is 8.78 Å². The van der Waals surface area contributed by atoms with Crippen LogP contribution in [-0.2, 0) is 0 Å². The molecular weight excluding hydrogens is 302 g/mol. The number of hydrogen-bond donors (Lipinski definition) is 0. The zero-order valence-corrected chi connectivity index (χ0v) is 13.8. The number of benzene rings is 2. The minimum atomic E-state index is -0.536. The molecule has 2 aliphatic carbocycles. The highest BCUT2D eigenvalue weighted by molar-refractivity contribution is 5.71. The normalized spacial score (nSPS) is 21.2. The summed E-state index contributed by atoms with van der Waals surface area (Å²) in [6.07, 6.45) is 10.3. The second kappa shape index (κ2) is 6.51. The van der Waals surface area contributed by atoms with Crippen LogP contribution in [0.15, 0.2) is 48.5 Å². The smallest absolute Gasteiger partial charge is 0.126 e. The van der Waals surface area contributed by atoms with Gasteiger partial charge in [0.15, 0.2) is 0 Å². The molecule has 2 aliphatic rings. The predicted molar refractivity (Wildman–Crippen MR) is 94.5 cm³/mol. The van der Waals surface area contributed by atoms with Crippen LogP contribution in [0.1, 0.15) is 44.1 Å². The Kier molecular flexibility index (Phi) is 4.22. The van der Waals surface area contributed by atoms with E-state index in [-0.39, 0.29) is 0 Å². The van der Waals surface area contributed by atoms with Gasteiger partial charge < -0.3 is 0 Å². The Balaban J connectivity index is 1.50. The Hall–Kier alpha value is -1.96. The topological polar surface area (TPSA) is 0 Å². The van der Waals surface area contributed by atoms with Crippen LogP contribution >= 0.6 is 0 Å². The van der Waals surface area contributed by atoms with Gasteiger partial charge in [0.2, 0.25) is 0 Å². The van der Waals surface area contributed by atoms with E-state index in [2.05, 4.69) is 18.2 Å². The van der Waals surface area contributed by atoms with Crippen LogP contribution in [0.3, 0.4) is 0 Å². The largest absolute Gasteiger partial charge is 0.207 e. The average molecular weight is 324 g/mol. The van der Waals surface area contributed by atoms with Gasteiger partial charge in [-0.1, -0.05) is 49.6 Å². The molecule has 124 valence electrons. The molecule has 0 bridgehead atoms. The van der Waals surface area contributed by atoms with Crippen LogP contribution in [0.5, 0.6) is 0 Å². The van der Waals surface area contributed by atoms with E-state index >= 15 is 0 Å². The lowest BCUT2D eigenvalue weighted by atomic mass is 9.70. The lowest BCUT2D eigenvalue weighted by Crippen LogP contribution is -2.23. The lowest BCUT2D eigenvalue weighted by Gasteiger charge is -2.35. The van der Waals surface area contributed by atoms with Crippen molar-refractivity contribution in [3.8, 4) is 11.1 Å². The molecule has 4 rings (SSSR count). The fourth-order valence-electron chi connectivity index (χ4n) is 4.05. The maximum absolute atomic E-state index is 13.4. The summed E-state index contributed by atoms with van der Waals surface area (Å²) in [4.78, 5) is 0. The van der Waals surface area contributed by atoms with E-state index in [1.807, 2.05) is 12.1 Å². The zero-order chi connectivity index (χ0) is 16.5. The molecule has 0 amide bonds. The third-order valence-electron chi connectivity index (χ3n) is 5.72. The van der Waals surface area contributed by atoms with E-state index in [0.29, 0.717) is 5.56 Å². The summed E-state index contributed by atoms with van der Waals surface area (Å²) in [5, 5.41) is 0. The lowest BCUT2D eigenvalue weighted by molar-refractivity contribution is 0.195. The Morgan fingerprint density at radius 3 is 1.92 bits per heavy atom. The van der Waals surface area contributed by atoms with Crippen molar-refractivity contribution in [2.45, 2.75) is 38.5 Å². The number of hydrogen-bond acceptors (Lipinski definition) is 0. The van der Waals surface area contributed by atoms with Gasteiger partial charge in [0.1, 0.15) is 11.6 Å². The van der Waals surface area contributed by atoms with Crippen LogP contribution in [-0.4, -0.2) is 0 Å². The van der Waals surface area contributed by atoms with Crippen molar-refractivity contribution in [2.75, 3.05) is 0 Å². The van der Waals surface area contributed by atoms with Gasteiger partial charge in [-0.3, -0.25) is 0 Å². The van der Waals surface area contributed by atoms with Crippen molar-refractivity contribution in [1.82, 2.24) is 0 Å². The van der Waals surface area contributed by atoms with Gasteiger partial charge in [-0.05, 0) is 65.5 Å². The highest BCUT2D eigenvalue weighted by Gasteiger charge is 2.28. The summed E-state index contributed by atoms with van der Waals surface area (Å²) in [6.45, 7) is 0. The van der Waals surface area contributed by atoms with Crippen LogP contribution in [0.4, 0.5) is 8.78 Å². The molecule has 0 aliphatic heterocycles. The second-order valence-electron chi connectivity index (χ2n) is 7.19. The minimum absolute atomic E-state index is 0.536. The Labute approximate surface area is 142 Å². The molecule has 0 spiro atoms. The molecule has 1 saturated carbocycles. The second-order valence-corrected chi connectivity index (χ2v) is 7.19. The van der Waals surface area contributed by atoms with E-state index in [4.69, 9.17) is 0 Å². The summed E-state index contributed by atoms with van der Waals surface area (Å²) in [6, 6.07) is 11.7. The van der Waals surface area contributed by atoms with Gasteiger partial charge >= 0.3 is 0 Å². The molecule has 2 aromatic rings. The van der Waals surface area contributed by atoms with Crippen LogP contribution in [0, 0.1) is 23.5 Å². The molecule has 0 N–H and O–H groups in total. The Bertz CT molecular complexity index is 734. The third kappa shape index (κ3) is 3.15. The number of allylic oxidation sites excluding steroid dienone is 2. The molecule has 2 heteroatoms. The SMILES string of the molecule is Fc1cc(F)cc(-c2ccc(C3=CCC(C4CCC4)CC3)cc2)c1. The number of rotatable bonds is 3. The average Bonchev–Trinajstić information content (AvgIpc) is 2.53. The molecule has 1 fully saturated rings. The van der Waals surface area contributed by atoms with Crippen LogP contribution < -0.4 is 0 Å².